The maximum atomic E-state index is 6.09. The minimum absolute atomic E-state index is 0.587. The molecule has 0 radical (unpaired) electrons. The van der Waals surface area contributed by atoms with Crippen LogP contribution < -0.4 is 5.73 Å². The highest BCUT2D eigenvalue weighted by Gasteiger charge is 2.24. The van der Waals surface area contributed by atoms with Crippen molar-refractivity contribution in [2.75, 3.05) is 18.8 Å². The first-order valence-corrected chi connectivity index (χ1v) is 7.63. The van der Waals surface area contributed by atoms with Crippen molar-refractivity contribution in [3.05, 3.63) is 22.7 Å². The largest absolute Gasteiger partial charge is 0.369 e. The molecule has 1 unspecified atom stereocenters. The van der Waals surface area contributed by atoms with Gasteiger partial charge >= 0.3 is 0 Å². The van der Waals surface area contributed by atoms with E-state index in [0.29, 0.717) is 12.0 Å². The van der Waals surface area contributed by atoms with Crippen LogP contribution in [0.25, 0.3) is 11.0 Å². The number of fused-ring (bicyclic) bond motifs is 1. The van der Waals surface area contributed by atoms with Gasteiger partial charge in [-0.15, -0.1) is 0 Å². The second-order valence-corrected chi connectivity index (χ2v) is 6.05. The quantitative estimate of drug-likeness (QED) is 0.945. The normalized spacial score (nSPS) is 20.4. The Hall–Kier alpha value is -1.07. The monoisotopic (exact) mass is 322 g/mol. The standard InChI is InChI=1S/C14H19BrN4/c1-2-18-7-3-4-11(18)9-19-13-8-10(15)5-6-12(13)17-14(19)16/h5-6,8,11H,2-4,7,9H2,1H3,(H2,16,17). The summed E-state index contributed by atoms with van der Waals surface area (Å²) in [7, 11) is 0. The molecule has 3 rings (SSSR count). The Morgan fingerprint density at radius 2 is 2.32 bits per heavy atom. The summed E-state index contributed by atoms with van der Waals surface area (Å²) in [5.74, 6) is 0.621. The molecule has 0 amide bonds. The number of likely N-dealkylation sites (N-methyl/N-ethyl adjacent to an activating group) is 1. The number of hydrogen-bond acceptors (Lipinski definition) is 3. The maximum absolute atomic E-state index is 6.09. The number of anilines is 1. The van der Waals surface area contributed by atoms with Crippen molar-refractivity contribution in [2.45, 2.75) is 32.4 Å². The lowest BCUT2D eigenvalue weighted by molar-refractivity contribution is 0.246. The van der Waals surface area contributed by atoms with Gasteiger partial charge in [0.05, 0.1) is 11.0 Å². The van der Waals surface area contributed by atoms with Crippen LogP contribution in [0.5, 0.6) is 0 Å². The highest BCUT2D eigenvalue weighted by molar-refractivity contribution is 9.10. The van der Waals surface area contributed by atoms with Crippen molar-refractivity contribution in [2.24, 2.45) is 0 Å². The van der Waals surface area contributed by atoms with Gasteiger partial charge in [0.1, 0.15) is 0 Å². The Balaban J connectivity index is 1.95. The Bertz CT molecular complexity index is 592. The van der Waals surface area contributed by atoms with Crippen LogP contribution in [-0.4, -0.2) is 33.6 Å². The molecule has 1 aromatic carbocycles. The molecule has 2 aromatic rings. The van der Waals surface area contributed by atoms with Crippen molar-refractivity contribution in [1.29, 1.82) is 0 Å². The van der Waals surface area contributed by atoms with Gasteiger partial charge < -0.3 is 10.3 Å². The summed E-state index contributed by atoms with van der Waals surface area (Å²) in [6, 6.07) is 6.71. The third-order valence-electron chi connectivity index (χ3n) is 4.04. The van der Waals surface area contributed by atoms with E-state index in [4.69, 9.17) is 5.73 Å². The molecule has 5 heteroatoms. The predicted octanol–water partition coefficient (Wildman–Crippen LogP) is 2.87. The fourth-order valence-electron chi connectivity index (χ4n) is 3.04. The van der Waals surface area contributed by atoms with E-state index in [9.17, 15) is 0 Å². The average molecular weight is 323 g/mol. The van der Waals surface area contributed by atoms with Crippen LogP contribution in [0.2, 0.25) is 0 Å². The molecule has 0 aliphatic carbocycles. The molecule has 0 spiro atoms. The number of nitrogens with two attached hydrogens (primary N) is 1. The van der Waals surface area contributed by atoms with E-state index >= 15 is 0 Å². The molecule has 0 bridgehead atoms. The van der Waals surface area contributed by atoms with Gasteiger partial charge in [-0.25, -0.2) is 4.98 Å². The van der Waals surface area contributed by atoms with Crippen molar-refractivity contribution < 1.29 is 0 Å². The van der Waals surface area contributed by atoms with Crippen LogP contribution in [0.4, 0.5) is 5.95 Å². The maximum Gasteiger partial charge on any atom is 0.201 e. The minimum atomic E-state index is 0.587. The topological polar surface area (TPSA) is 47.1 Å². The molecule has 1 saturated heterocycles. The van der Waals surface area contributed by atoms with Gasteiger partial charge in [-0.1, -0.05) is 22.9 Å². The highest BCUT2D eigenvalue weighted by atomic mass is 79.9. The zero-order valence-electron chi connectivity index (χ0n) is 11.1. The summed E-state index contributed by atoms with van der Waals surface area (Å²) in [6.45, 7) is 5.48. The van der Waals surface area contributed by atoms with Gasteiger partial charge in [-0.3, -0.25) is 4.90 Å². The number of aromatic nitrogens is 2. The van der Waals surface area contributed by atoms with E-state index in [-0.39, 0.29) is 0 Å². The molecule has 2 N–H and O–H groups in total. The summed E-state index contributed by atoms with van der Waals surface area (Å²) in [4.78, 5) is 6.98. The van der Waals surface area contributed by atoms with Crippen molar-refractivity contribution in [3.8, 4) is 0 Å². The van der Waals surface area contributed by atoms with Crippen LogP contribution in [0.15, 0.2) is 22.7 Å². The van der Waals surface area contributed by atoms with Crippen molar-refractivity contribution >= 4 is 32.9 Å². The van der Waals surface area contributed by atoms with E-state index in [0.717, 1.165) is 28.6 Å². The van der Waals surface area contributed by atoms with Crippen LogP contribution in [0, 0.1) is 0 Å². The molecular formula is C14H19BrN4. The highest BCUT2D eigenvalue weighted by Crippen LogP contribution is 2.25. The lowest BCUT2D eigenvalue weighted by Gasteiger charge is -2.23. The number of halogens is 1. The molecule has 102 valence electrons. The number of nitrogen functional groups attached to an aromatic ring is 1. The van der Waals surface area contributed by atoms with Gasteiger partial charge in [0, 0.05) is 17.1 Å². The van der Waals surface area contributed by atoms with E-state index in [1.54, 1.807) is 0 Å². The van der Waals surface area contributed by atoms with E-state index in [2.05, 4.69) is 43.4 Å². The Labute approximate surface area is 121 Å². The average Bonchev–Trinajstić information content (AvgIpc) is 2.96. The molecule has 1 aromatic heterocycles. The third-order valence-corrected chi connectivity index (χ3v) is 4.53. The smallest absolute Gasteiger partial charge is 0.201 e. The van der Waals surface area contributed by atoms with Crippen LogP contribution in [0.3, 0.4) is 0 Å². The van der Waals surface area contributed by atoms with Gasteiger partial charge in [-0.2, -0.15) is 0 Å². The van der Waals surface area contributed by atoms with Gasteiger partial charge in [0.25, 0.3) is 0 Å². The van der Waals surface area contributed by atoms with Gasteiger partial charge in [-0.05, 0) is 44.1 Å². The second-order valence-electron chi connectivity index (χ2n) is 5.14. The molecule has 1 aliphatic heterocycles. The fraction of sp³-hybridized carbons (Fsp3) is 0.500. The molecule has 2 heterocycles. The summed E-state index contributed by atoms with van der Waals surface area (Å²) >= 11 is 3.52. The molecule has 1 fully saturated rings. The summed E-state index contributed by atoms with van der Waals surface area (Å²) < 4.78 is 3.22. The van der Waals surface area contributed by atoms with Crippen LogP contribution in [0.1, 0.15) is 19.8 Å². The van der Waals surface area contributed by atoms with Gasteiger partial charge in [0.2, 0.25) is 5.95 Å². The van der Waals surface area contributed by atoms with Crippen molar-refractivity contribution in [3.63, 3.8) is 0 Å². The molecule has 4 nitrogen and oxygen atoms in total. The van der Waals surface area contributed by atoms with E-state index in [1.165, 1.54) is 19.4 Å². The van der Waals surface area contributed by atoms with E-state index in [1.807, 2.05) is 12.1 Å². The number of rotatable bonds is 3. The Kier molecular flexibility index (Phi) is 3.50. The van der Waals surface area contributed by atoms with E-state index < -0.39 is 0 Å². The first-order valence-electron chi connectivity index (χ1n) is 6.84. The molecule has 0 saturated carbocycles. The first kappa shape index (κ1) is 12.9. The Morgan fingerprint density at radius 3 is 3.11 bits per heavy atom. The third kappa shape index (κ3) is 2.37. The lowest BCUT2D eigenvalue weighted by Crippen LogP contribution is -2.33. The van der Waals surface area contributed by atoms with Crippen LogP contribution in [-0.2, 0) is 6.54 Å². The number of nitrogens with zero attached hydrogens (tertiary/aromatic N) is 3. The molecule has 1 atom stereocenters. The number of hydrogen-bond donors (Lipinski definition) is 1. The summed E-state index contributed by atoms with van der Waals surface area (Å²) in [6.07, 6.45) is 2.54. The Morgan fingerprint density at radius 1 is 1.47 bits per heavy atom. The minimum Gasteiger partial charge on any atom is -0.369 e. The zero-order valence-corrected chi connectivity index (χ0v) is 12.7. The predicted molar refractivity (Wildman–Crippen MR) is 82.1 cm³/mol. The first-order chi connectivity index (χ1) is 9.19. The molecular weight excluding hydrogens is 304 g/mol. The number of likely N-dealkylation sites (tertiary alicyclic amines) is 1. The van der Waals surface area contributed by atoms with Crippen LogP contribution >= 0.6 is 15.9 Å². The molecule has 19 heavy (non-hydrogen) atoms. The lowest BCUT2D eigenvalue weighted by atomic mass is 10.2. The van der Waals surface area contributed by atoms with Gasteiger partial charge in [0.15, 0.2) is 0 Å². The SMILES string of the molecule is CCN1CCCC1Cn1c(N)nc2ccc(Br)cc21. The summed E-state index contributed by atoms with van der Waals surface area (Å²) in [5, 5.41) is 0. The van der Waals surface area contributed by atoms with Crippen molar-refractivity contribution in [1.82, 2.24) is 14.5 Å². The zero-order chi connectivity index (χ0) is 13.4. The molecule has 1 aliphatic rings. The number of benzene rings is 1. The number of imidazole rings is 1. The fourth-order valence-corrected chi connectivity index (χ4v) is 3.38. The second kappa shape index (κ2) is 5.13. The summed E-state index contributed by atoms with van der Waals surface area (Å²) in [5.41, 5.74) is 8.18.